The van der Waals surface area contributed by atoms with Gasteiger partial charge in [0.25, 0.3) is 0 Å². The van der Waals surface area contributed by atoms with E-state index >= 15 is 0 Å². The predicted octanol–water partition coefficient (Wildman–Crippen LogP) is 6.10. The number of hydrogen-bond acceptors (Lipinski definition) is 5. The molecule has 0 spiro atoms. The molecule has 0 N–H and O–H groups in total. The molecule has 5 nitrogen and oxygen atoms in total. The molecule has 4 aromatic carbocycles. The van der Waals surface area contributed by atoms with Crippen LogP contribution in [-0.4, -0.2) is 24.9 Å². The summed E-state index contributed by atoms with van der Waals surface area (Å²) >= 11 is 0. The first-order valence-electron chi connectivity index (χ1n) is 11.1. The maximum atomic E-state index is 6.50. The van der Waals surface area contributed by atoms with Crippen molar-refractivity contribution in [3.8, 4) is 17.2 Å². The van der Waals surface area contributed by atoms with Gasteiger partial charge < -0.3 is 14.2 Å². The lowest BCUT2D eigenvalue weighted by Gasteiger charge is -2.38. The lowest BCUT2D eigenvalue weighted by molar-refractivity contribution is -0.0191. The van der Waals surface area contributed by atoms with Crippen molar-refractivity contribution in [3.63, 3.8) is 0 Å². The van der Waals surface area contributed by atoms with Gasteiger partial charge in [0.15, 0.2) is 11.5 Å². The van der Waals surface area contributed by atoms with Crippen LogP contribution < -0.4 is 14.2 Å². The molecule has 0 saturated carbocycles. The van der Waals surface area contributed by atoms with Crippen LogP contribution in [-0.2, 0) is 0 Å². The minimum atomic E-state index is -0.364. The van der Waals surface area contributed by atoms with Crippen LogP contribution in [0.4, 0.5) is 0 Å². The van der Waals surface area contributed by atoms with Gasteiger partial charge in [-0.25, -0.2) is 5.01 Å². The largest absolute Gasteiger partial charge is 0.493 e. The molecule has 2 atom stereocenters. The van der Waals surface area contributed by atoms with Crippen LogP contribution in [0, 0.1) is 0 Å². The Hall–Kier alpha value is -3.99. The van der Waals surface area contributed by atoms with E-state index in [1.54, 1.807) is 14.2 Å². The van der Waals surface area contributed by atoms with Crippen molar-refractivity contribution < 1.29 is 14.2 Å². The zero-order chi connectivity index (χ0) is 22.4. The second kappa shape index (κ2) is 7.85. The molecule has 0 unspecified atom stereocenters. The summed E-state index contributed by atoms with van der Waals surface area (Å²) in [4.78, 5) is 0. The third-order valence-corrected chi connectivity index (χ3v) is 6.49. The fraction of sp³-hybridized carbons (Fsp3) is 0.179. The van der Waals surface area contributed by atoms with Gasteiger partial charge in [-0.1, -0.05) is 60.7 Å². The molecule has 0 aromatic heterocycles. The van der Waals surface area contributed by atoms with E-state index < -0.39 is 0 Å². The number of para-hydroxylation sites is 1. The van der Waals surface area contributed by atoms with Crippen molar-refractivity contribution in [1.82, 2.24) is 5.01 Å². The van der Waals surface area contributed by atoms with Crippen LogP contribution in [0.2, 0.25) is 0 Å². The summed E-state index contributed by atoms with van der Waals surface area (Å²) in [6, 6.07) is 29.1. The van der Waals surface area contributed by atoms with E-state index in [1.807, 2.05) is 30.3 Å². The summed E-state index contributed by atoms with van der Waals surface area (Å²) in [5.41, 5.74) is 4.37. The molecule has 4 aromatic rings. The van der Waals surface area contributed by atoms with Gasteiger partial charge in [-0.2, -0.15) is 5.10 Å². The molecule has 164 valence electrons. The number of fused-ring (bicyclic) bond motifs is 4. The number of rotatable bonds is 4. The summed E-state index contributed by atoms with van der Waals surface area (Å²) in [5.74, 6) is 2.26. The highest BCUT2D eigenvalue weighted by Gasteiger charge is 2.41. The fourth-order valence-corrected chi connectivity index (χ4v) is 4.90. The van der Waals surface area contributed by atoms with E-state index in [4.69, 9.17) is 19.3 Å². The van der Waals surface area contributed by atoms with Crippen molar-refractivity contribution in [2.75, 3.05) is 14.2 Å². The first-order chi connectivity index (χ1) is 16.3. The van der Waals surface area contributed by atoms with Gasteiger partial charge in [-0.05, 0) is 35.0 Å². The molecule has 0 radical (unpaired) electrons. The standard InChI is InChI=1S/C28H24N2O3/c1-31-26-15-14-19(16-27(26)32-2)28-30-24(22-11-5-6-13-25(22)33-28)17-23(29-30)21-12-7-9-18-8-3-4-10-20(18)21/h3-16,24,28H,17H2,1-2H3/t24-,28-/m1/s1. The van der Waals surface area contributed by atoms with Crippen LogP contribution >= 0.6 is 0 Å². The Bertz CT molecular complexity index is 1380. The Morgan fingerprint density at radius 1 is 0.848 bits per heavy atom. The van der Waals surface area contributed by atoms with Gasteiger partial charge in [0.05, 0.1) is 26.0 Å². The first kappa shape index (κ1) is 19.7. The number of hydrazone groups is 1. The van der Waals surface area contributed by atoms with Gasteiger partial charge in [0.1, 0.15) is 5.75 Å². The Labute approximate surface area is 192 Å². The molecule has 6 rings (SSSR count). The van der Waals surface area contributed by atoms with Crippen LogP contribution in [0.15, 0.2) is 90.0 Å². The van der Waals surface area contributed by atoms with E-state index in [0.29, 0.717) is 11.5 Å². The van der Waals surface area contributed by atoms with Crippen LogP contribution in [0.3, 0.4) is 0 Å². The lowest BCUT2D eigenvalue weighted by atomic mass is 9.93. The first-order valence-corrected chi connectivity index (χ1v) is 11.1. The average Bonchev–Trinajstić information content (AvgIpc) is 3.33. The second-order valence-corrected chi connectivity index (χ2v) is 8.30. The van der Waals surface area contributed by atoms with Gasteiger partial charge in [0.2, 0.25) is 6.23 Å². The Morgan fingerprint density at radius 2 is 1.64 bits per heavy atom. The van der Waals surface area contributed by atoms with Crippen molar-refractivity contribution in [1.29, 1.82) is 0 Å². The van der Waals surface area contributed by atoms with E-state index in [0.717, 1.165) is 29.0 Å². The van der Waals surface area contributed by atoms with E-state index in [2.05, 4.69) is 59.6 Å². The Balaban J connectivity index is 1.48. The molecular formula is C28H24N2O3. The summed E-state index contributed by atoms with van der Waals surface area (Å²) in [7, 11) is 3.29. The van der Waals surface area contributed by atoms with E-state index in [-0.39, 0.29) is 12.3 Å². The summed E-state index contributed by atoms with van der Waals surface area (Å²) in [6.45, 7) is 0. The van der Waals surface area contributed by atoms with E-state index in [9.17, 15) is 0 Å². The highest BCUT2D eigenvalue weighted by molar-refractivity contribution is 6.11. The highest BCUT2D eigenvalue weighted by atomic mass is 16.5. The maximum Gasteiger partial charge on any atom is 0.214 e. The monoisotopic (exact) mass is 436 g/mol. The molecule has 5 heteroatoms. The second-order valence-electron chi connectivity index (χ2n) is 8.30. The van der Waals surface area contributed by atoms with Crippen LogP contribution in [0.25, 0.3) is 10.8 Å². The summed E-state index contributed by atoms with van der Waals surface area (Å²) < 4.78 is 17.5. The van der Waals surface area contributed by atoms with Gasteiger partial charge >= 0.3 is 0 Å². The molecule has 0 amide bonds. The lowest BCUT2D eigenvalue weighted by Crippen LogP contribution is -2.33. The normalized spacial score (nSPS) is 18.8. The summed E-state index contributed by atoms with van der Waals surface area (Å²) in [5, 5.41) is 9.67. The third kappa shape index (κ3) is 3.20. The smallest absolute Gasteiger partial charge is 0.214 e. The minimum absolute atomic E-state index is 0.0991. The number of methoxy groups -OCH3 is 2. The molecular weight excluding hydrogens is 412 g/mol. The quantitative estimate of drug-likeness (QED) is 0.388. The van der Waals surface area contributed by atoms with Gasteiger partial charge in [-0.3, -0.25) is 0 Å². The number of nitrogens with zero attached hydrogens (tertiary/aromatic N) is 2. The Morgan fingerprint density at radius 3 is 2.52 bits per heavy atom. The number of hydrogen-bond donors (Lipinski definition) is 0. The predicted molar refractivity (Wildman–Crippen MR) is 129 cm³/mol. The molecule has 0 aliphatic carbocycles. The van der Waals surface area contributed by atoms with Crippen LogP contribution in [0.5, 0.6) is 17.2 Å². The molecule has 33 heavy (non-hydrogen) atoms. The third-order valence-electron chi connectivity index (χ3n) is 6.49. The topological polar surface area (TPSA) is 43.3 Å². The molecule has 2 heterocycles. The fourth-order valence-electron chi connectivity index (χ4n) is 4.90. The number of ether oxygens (including phenoxy) is 3. The average molecular weight is 437 g/mol. The number of benzene rings is 4. The zero-order valence-corrected chi connectivity index (χ0v) is 18.6. The minimum Gasteiger partial charge on any atom is -0.493 e. The van der Waals surface area contributed by atoms with Gasteiger partial charge in [-0.15, -0.1) is 0 Å². The molecule has 0 fully saturated rings. The summed E-state index contributed by atoms with van der Waals surface area (Å²) in [6.07, 6.45) is 0.454. The van der Waals surface area contributed by atoms with Gasteiger partial charge in [0, 0.05) is 23.1 Å². The van der Waals surface area contributed by atoms with Crippen LogP contribution in [0.1, 0.15) is 35.4 Å². The maximum absolute atomic E-state index is 6.50. The Kier molecular flexibility index (Phi) is 4.68. The molecule has 0 saturated heterocycles. The SMILES string of the molecule is COc1ccc([C@H]2Oc3ccccc3[C@H]3CC(c4cccc5ccccc45)=NN32)cc1OC. The molecule has 0 bridgehead atoms. The highest BCUT2D eigenvalue weighted by Crippen LogP contribution is 2.48. The molecule has 2 aliphatic heterocycles. The van der Waals surface area contributed by atoms with Crippen molar-refractivity contribution in [3.05, 3.63) is 102 Å². The zero-order valence-electron chi connectivity index (χ0n) is 18.6. The van der Waals surface area contributed by atoms with E-state index in [1.165, 1.54) is 16.3 Å². The van der Waals surface area contributed by atoms with Crippen molar-refractivity contribution in [2.45, 2.75) is 18.7 Å². The molecule has 2 aliphatic rings. The van der Waals surface area contributed by atoms with Crippen molar-refractivity contribution >= 4 is 16.5 Å². The van der Waals surface area contributed by atoms with Crippen molar-refractivity contribution in [2.24, 2.45) is 5.10 Å².